The van der Waals surface area contributed by atoms with E-state index in [2.05, 4.69) is 20.3 Å². The maximum Gasteiger partial charge on any atom is 0.316 e. The van der Waals surface area contributed by atoms with Crippen molar-refractivity contribution in [3.05, 3.63) is 30.1 Å². The Kier molecular flexibility index (Phi) is 7.32. The van der Waals surface area contributed by atoms with E-state index in [4.69, 9.17) is 0 Å². The van der Waals surface area contributed by atoms with Crippen LogP contribution in [0, 0.1) is 5.82 Å². The van der Waals surface area contributed by atoms with E-state index in [0.29, 0.717) is 8.64 Å². The van der Waals surface area contributed by atoms with Crippen LogP contribution in [-0.4, -0.2) is 55.7 Å². The number of esters is 1. The zero-order chi connectivity index (χ0) is 20.9. The van der Waals surface area contributed by atoms with Crippen LogP contribution >= 0.6 is 23.1 Å². The lowest BCUT2D eigenvalue weighted by Crippen LogP contribution is -2.45. The Hall–Kier alpha value is -2.25. The summed E-state index contributed by atoms with van der Waals surface area (Å²) in [6.45, 7) is 1.33. The number of amides is 1. The number of anilines is 2. The Bertz CT molecular complexity index is 966. The van der Waals surface area contributed by atoms with Gasteiger partial charge >= 0.3 is 5.97 Å². The van der Waals surface area contributed by atoms with E-state index < -0.39 is 33.8 Å². The van der Waals surface area contributed by atoms with Gasteiger partial charge in [0.2, 0.25) is 21.1 Å². The quantitative estimate of drug-likeness (QED) is 0.368. The molecule has 1 aromatic heterocycles. The molecule has 0 aliphatic rings. The summed E-state index contributed by atoms with van der Waals surface area (Å²) in [5.74, 6) is -1.89. The Balaban J connectivity index is 2.15. The number of nitrogens with zero attached hydrogens (tertiary/aromatic N) is 3. The van der Waals surface area contributed by atoms with Gasteiger partial charge in [0.1, 0.15) is 11.9 Å². The first kappa shape index (κ1) is 22.0. The van der Waals surface area contributed by atoms with Crippen molar-refractivity contribution in [1.29, 1.82) is 0 Å². The minimum atomic E-state index is -3.95. The lowest BCUT2D eigenvalue weighted by molar-refractivity contribution is -0.137. The smallest absolute Gasteiger partial charge is 0.316 e. The minimum Gasteiger partial charge on any atom is -0.468 e. The molecule has 1 atom stereocenters. The van der Waals surface area contributed by atoms with Crippen LogP contribution in [0.2, 0.25) is 0 Å². The number of thioether (sulfide) groups is 1. The van der Waals surface area contributed by atoms with Gasteiger partial charge in [0.25, 0.3) is 0 Å². The highest BCUT2D eigenvalue weighted by Crippen LogP contribution is 2.27. The summed E-state index contributed by atoms with van der Waals surface area (Å²) >= 11 is 2.09. The van der Waals surface area contributed by atoms with Crippen molar-refractivity contribution in [2.24, 2.45) is 0 Å². The third-order valence-corrected chi connectivity index (χ3v) is 6.53. The van der Waals surface area contributed by atoms with Crippen LogP contribution < -0.4 is 9.62 Å². The third kappa shape index (κ3) is 5.62. The number of rotatable bonds is 8. The summed E-state index contributed by atoms with van der Waals surface area (Å²) in [4.78, 5) is 23.7. The molecule has 0 aliphatic heterocycles. The Morgan fingerprint density at radius 1 is 1.36 bits per heavy atom. The number of carbonyl (C=O) groups excluding carboxylic acids is 2. The average molecular weight is 449 g/mol. The van der Waals surface area contributed by atoms with Gasteiger partial charge in [0, 0.05) is 0 Å². The van der Waals surface area contributed by atoms with Crippen LogP contribution in [0.15, 0.2) is 28.6 Å². The number of hydrogen-bond donors (Lipinski definition) is 1. The summed E-state index contributed by atoms with van der Waals surface area (Å²) in [5, 5.41) is 10.2. The fraction of sp³-hybridized carbons (Fsp3) is 0.333. The topological polar surface area (TPSA) is 119 Å². The largest absolute Gasteiger partial charge is 0.468 e. The molecule has 0 saturated carbocycles. The monoisotopic (exact) mass is 448 g/mol. The molecule has 2 rings (SSSR count). The summed E-state index contributed by atoms with van der Waals surface area (Å²) in [6.07, 6.45) is 0.885. The highest BCUT2D eigenvalue weighted by atomic mass is 32.2. The second-order valence-electron chi connectivity index (χ2n) is 5.41. The molecule has 152 valence electrons. The number of carbonyl (C=O) groups is 2. The Morgan fingerprint density at radius 3 is 2.64 bits per heavy atom. The lowest BCUT2D eigenvalue weighted by atomic mass is 10.2. The molecule has 0 bridgehead atoms. The maximum atomic E-state index is 14.1. The molecule has 28 heavy (non-hydrogen) atoms. The highest BCUT2D eigenvalue weighted by Gasteiger charge is 2.31. The van der Waals surface area contributed by atoms with Gasteiger partial charge < -0.3 is 4.74 Å². The molecule has 1 aromatic carbocycles. The van der Waals surface area contributed by atoms with E-state index in [-0.39, 0.29) is 16.6 Å². The number of nitrogens with one attached hydrogen (secondary N) is 1. The van der Waals surface area contributed by atoms with Crippen LogP contribution in [0.1, 0.15) is 6.92 Å². The molecule has 13 heteroatoms. The summed E-state index contributed by atoms with van der Waals surface area (Å²) in [5.41, 5.74) is -0.237. The second kappa shape index (κ2) is 9.30. The highest BCUT2D eigenvalue weighted by molar-refractivity contribution is 8.01. The van der Waals surface area contributed by atoms with Gasteiger partial charge in [-0.2, -0.15) is 0 Å². The average Bonchev–Trinajstić information content (AvgIpc) is 3.07. The van der Waals surface area contributed by atoms with Gasteiger partial charge in [0.15, 0.2) is 4.34 Å². The fourth-order valence-electron chi connectivity index (χ4n) is 2.12. The third-order valence-electron chi connectivity index (χ3n) is 3.36. The summed E-state index contributed by atoms with van der Waals surface area (Å²) in [7, 11) is -2.69. The van der Waals surface area contributed by atoms with E-state index in [1.165, 1.54) is 32.2 Å². The number of para-hydroxylation sites is 1. The molecule has 1 heterocycles. The zero-order valence-electron chi connectivity index (χ0n) is 15.1. The molecule has 1 N–H and O–H groups in total. The molecular weight excluding hydrogens is 431 g/mol. The molecule has 0 radical (unpaired) electrons. The molecule has 0 fully saturated rings. The number of sulfonamides is 1. The predicted molar refractivity (Wildman–Crippen MR) is 104 cm³/mol. The predicted octanol–water partition coefficient (Wildman–Crippen LogP) is 1.74. The zero-order valence-corrected chi connectivity index (χ0v) is 17.5. The van der Waals surface area contributed by atoms with Crippen molar-refractivity contribution in [3.8, 4) is 0 Å². The van der Waals surface area contributed by atoms with Gasteiger partial charge in [-0.05, 0) is 19.1 Å². The molecule has 2 aromatic rings. The van der Waals surface area contributed by atoms with Crippen molar-refractivity contribution >= 4 is 55.8 Å². The number of hydrogen-bond acceptors (Lipinski definition) is 9. The molecule has 0 spiro atoms. The van der Waals surface area contributed by atoms with E-state index in [9.17, 15) is 22.4 Å². The van der Waals surface area contributed by atoms with Crippen LogP contribution in [0.4, 0.5) is 15.2 Å². The number of halogens is 1. The van der Waals surface area contributed by atoms with Crippen molar-refractivity contribution < 1.29 is 27.1 Å². The van der Waals surface area contributed by atoms with Crippen molar-refractivity contribution in [1.82, 2.24) is 10.2 Å². The number of methoxy groups -OCH3 is 1. The maximum absolute atomic E-state index is 14.1. The Morgan fingerprint density at radius 2 is 2.04 bits per heavy atom. The van der Waals surface area contributed by atoms with Crippen LogP contribution in [-0.2, 0) is 24.3 Å². The SMILES string of the molecule is COC(=O)CSc1nnc(NC(=O)C(C)N(c2ccccc2F)S(C)(=O)=O)s1. The first-order chi connectivity index (χ1) is 13.1. The number of ether oxygens (including phenoxy) is 1. The Labute approximate surface area is 169 Å². The van der Waals surface area contributed by atoms with Gasteiger partial charge in [0.05, 0.1) is 24.8 Å². The summed E-state index contributed by atoms with van der Waals surface area (Å²) < 4.78 is 44.1. The molecular formula is C15H17FN4O5S3. The van der Waals surface area contributed by atoms with Crippen molar-refractivity contribution in [3.63, 3.8) is 0 Å². The standard InChI is InChI=1S/C15H17FN4O5S3/c1-9(20(28(3,23)24)11-7-5-4-6-10(11)16)13(22)17-14-18-19-15(27-14)26-8-12(21)25-2/h4-7,9H,8H2,1-3H3,(H,17,18,22). The van der Waals surface area contributed by atoms with Crippen molar-refractivity contribution in [2.45, 2.75) is 17.3 Å². The molecule has 1 amide bonds. The normalized spacial score (nSPS) is 12.3. The van der Waals surface area contributed by atoms with Gasteiger partial charge in [-0.25, -0.2) is 12.8 Å². The fourth-order valence-corrected chi connectivity index (χ4v) is 4.88. The minimum absolute atomic E-state index is 0.0324. The van der Waals surface area contributed by atoms with E-state index in [1.54, 1.807) is 0 Å². The second-order valence-corrected chi connectivity index (χ2v) is 9.47. The van der Waals surface area contributed by atoms with Crippen LogP contribution in [0.5, 0.6) is 0 Å². The van der Waals surface area contributed by atoms with Crippen molar-refractivity contribution in [2.75, 3.05) is 28.7 Å². The van der Waals surface area contributed by atoms with Gasteiger partial charge in [-0.1, -0.05) is 35.2 Å². The molecule has 9 nitrogen and oxygen atoms in total. The first-order valence-electron chi connectivity index (χ1n) is 7.71. The van der Waals surface area contributed by atoms with Crippen LogP contribution in [0.25, 0.3) is 0 Å². The van der Waals surface area contributed by atoms with Gasteiger partial charge in [-0.3, -0.25) is 19.2 Å². The van der Waals surface area contributed by atoms with Gasteiger partial charge in [-0.15, -0.1) is 10.2 Å². The number of benzene rings is 1. The number of aromatic nitrogens is 2. The van der Waals surface area contributed by atoms with Crippen LogP contribution in [0.3, 0.4) is 0 Å². The molecule has 0 saturated heterocycles. The van der Waals surface area contributed by atoms with E-state index in [1.807, 2.05) is 0 Å². The molecule has 1 unspecified atom stereocenters. The molecule has 0 aliphatic carbocycles. The first-order valence-corrected chi connectivity index (χ1v) is 11.4. The summed E-state index contributed by atoms with van der Waals surface area (Å²) in [6, 6.07) is 4.01. The van der Waals surface area contributed by atoms with E-state index in [0.717, 1.165) is 35.4 Å². The lowest BCUT2D eigenvalue weighted by Gasteiger charge is -2.28. The van der Waals surface area contributed by atoms with E-state index >= 15 is 0 Å².